The monoisotopic (exact) mass is 478 g/mol. The van der Waals surface area contributed by atoms with Gasteiger partial charge >= 0.3 is 0 Å². The Morgan fingerprint density at radius 2 is 1.91 bits per heavy atom. The highest BCUT2D eigenvalue weighted by Crippen LogP contribution is 2.26. The van der Waals surface area contributed by atoms with Gasteiger partial charge in [-0.25, -0.2) is 0 Å². The van der Waals surface area contributed by atoms with E-state index in [1.807, 2.05) is 56.3 Å². The fourth-order valence-electron chi connectivity index (χ4n) is 4.07. The zero-order valence-electron chi connectivity index (χ0n) is 22.1. The number of nitrogens with one attached hydrogen (secondary N) is 2. The van der Waals surface area contributed by atoms with Crippen molar-refractivity contribution in [1.82, 2.24) is 15.5 Å². The molecule has 0 spiro atoms. The van der Waals surface area contributed by atoms with Crippen molar-refractivity contribution in [3.63, 3.8) is 0 Å². The largest absolute Gasteiger partial charge is 0.351 e. The van der Waals surface area contributed by atoms with Gasteiger partial charge in [-0.2, -0.15) is 0 Å². The molecule has 2 unspecified atom stereocenters. The van der Waals surface area contributed by atoms with E-state index in [1.165, 1.54) is 5.57 Å². The van der Waals surface area contributed by atoms with Crippen LogP contribution < -0.4 is 10.6 Å². The van der Waals surface area contributed by atoms with Crippen LogP contribution in [0.4, 0.5) is 0 Å². The predicted molar refractivity (Wildman–Crippen MR) is 145 cm³/mol. The number of carbonyl (C=O) groups excluding carboxylic acids is 2. The molecule has 1 aromatic rings. The van der Waals surface area contributed by atoms with Gasteiger partial charge in [0, 0.05) is 30.8 Å². The van der Waals surface area contributed by atoms with Crippen molar-refractivity contribution in [2.45, 2.75) is 58.9 Å². The first kappa shape index (κ1) is 28.2. The Bertz CT molecular complexity index is 960. The van der Waals surface area contributed by atoms with Gasteiger partial charge in [-0.15, -0.1) is 0 Å². The lowest BCUT2D eigenvalue weighted by Gasteiger charge is -2.21. The van der Waals surface area contributed by atoms with Crippen LogP contribution in [-0.4, -0.2) is 55.7 Å². The number of likely N-dealkylation sites (N-methyl/N-ethyl adjacent to an activating group) is 1. The molecule has 0 fully saturated rings. The van der Waals surface area contributed by atoms with Crippen LogP contribution in [0.1, 0.15) is 52.0 Å². The molecule has 6 nitrogen and oxygen atoms in total. The first-order valence-corrected chi connectivity index (χ1v) is 12.5. The number of amides is 2. The molecule has 0 aromatic heterocycles. The molecule has 2 atom stereocenters. The zero-order valence-corrected chi connectivity index (χ0v) is 22.1. The quantitative estimate of drug-likeness (QED) is 0.325. The topological polar surface area (TPSA) is 73.8 Å². The average molecular weight is 479 g/mol. The first-order chi connectivity index (χ1) is 16.7. The maximum Gasteiger partial charge on any atom is 0.247 e. The van der Waals surface area contributed by atoms with Crippen molar-refractivity contribution >= 4 is 17.5 Å². The molecule has 6 heteroatoms. The molecule has 0 heterocycles. The lowest BCUT2D eigenvalue weighted by atomic mass is 9.91. The number of allylic oxidation sites excluding steroid dienone is 3. The summed E-state index contributed by atoms with van der Waals surface area (Å²) in [5.41, 5.74) is 4.88. The molecule has 0 bridgehead atoms. The third-order valence-corrected chi connectivity index (χ3v) is 6.11. The summed E-state index contributed by atoms with van der Waals surface area (Å²) in [6.07, 6.45) is 8.12. The Hall–Kier alpha value is -2.99. The van der Waals surface area contributed by atoms with E-state index < -0.39 is 0 Å². The van der Waals surface area contributed by atoms with Crippen molar-refractivity contribution in [2.24, 2.45) is 10.9 Å². The summed E-state index contributed by atoms with van der Waals surface area (Å²) in [5.74, 6) is 0.364. The van der Waals surface area contributed by atoms with Crippen LogP contribution >= 0.6 is 0 Å². The van der Waals surface area contributed by atoms with Gasteiger partial charge in [-0.3, -0.25) is 14.6 Å². The minimum atomic E-state index is -0.213. The molecule has 1 aromatic carbocycles. The van der Waals surface area contributed by atoms with Crippen LogP contribution in [0, 0.1) is 5.92 Å². The van der Waals surface area contributed by atoms with E-state index in [9.17, 15) is 9.59 Å². The molecule has 0 radical (unpaired) electrons. The van der Waals surface area contributed by atoms with Crippen LogP contribution in [0.5, 0.6) is 0 Å². The third kappa shape index (κ3) is 10.4. The van der Waals surface area contributed by atoms with E-state index in [0.29, 0.717) is 43.8 Å². The molecule has 35 heavy (non-hydrogen) atoms. The smallest absolute Gasteiger partial charge is 0.247 e. The Morgan fingerprint density at radius 3 is 2.54 bits per heavy atom. The van der Waals surface area contributed by atoms with Gasteiger partial charge in [0.1, 0.15) is 0 Å². The molecule has 1 aliphatic carbocycles. The highest BCUT2D eigenvalue weighted by Gasteiger charge is 2.17. The van der Waals surface area contributed by atoms with E-state index in [2.05, 4.69) is 43.2 Å². The van der Waals surface area contributed by atoms with Crippen molar-refractivity contribution in [1.29, 1.82) is 0 Å². The number of benzene rings is 1. The maximum atomic E-state index is 12.8. The van der Waals surface area contributed by atoms with Gasteiger partial charge < -0.3 is 15.5 Å². The number of carbonyl (C=O) groups is 2. The second-order valence-electron chi connectivity index (χ2n) is 9.75. The van der Waals surface area contributed by atoms with Crippen LogP contribution in [0.25, 0.3) is 0 Å². The number of hydrogen-bond donors (Lipinski definition) is 2. The summed E-state index contributed by atoms with van der Waals surface area (Å²) in [6.45, 7) is 11.0. The second-order valence-corrected chi connectivity index (χ2v) is 9.75. The third-order valence-electron chi connectivity index (χ3n) is 6.11. The minimum absolute atomic E-state index is 0.0437. The Balaban J connectivity index is 1.94. The van der Waals surface area contributed by atoms with Gasteiger partial charge in [0.25, 0.3) is 0 Å². The summed E-state index contributed by atoms with van der Waals surface area (Å²) in [6, 6.07) is 9.76. The Labute approximate surface area is 211 Å². The lowest BCUT2D eigenvalue weighted by molar-refractivity contribution is -0.122. The predicted octanol–water partition coefficient (Wildman–Crippen LogP) is 4.45. The average Bonchev–Trinajstić information content (AvgIpc) is 2.82. The van der Waals surface area contributed by atoms with Gasteiger partial charge in [-0.05, 0) is 76.8 Å². The molecule has 0 saturated heterocycles. The SMILES string of the molecule is C=C(CN(C)C)C(=O)NCC(Cc1ccccc1)NC(=O)CCC(C)=NC1=C(C)CC(CC)C=C1. The number of aliphatic imine (C=N–C) groups is 1. The molecule has 2 rings (SSSR count). The molecule has 190 valence electrons. The molecule has 2 N–H and O–H groups in total. The Morgan fingerprint density at radius 1 is 1.20 bits per heavy atom. The molecule has 0 aliphatic heterocycles. The van der Waals surface area contributed by atoms with Gasteiger partial charge in [0.05, 0.1) is 11.7 Å². The summed E-state index contributed by atoms with van der Waals surface area (Å²) in [7, 11) is 3.79. The van der Waals surface area contributed by atoms with E-state index in [0.717, 1.165) is 29.8 Å². The first-order valence-electron chi connectivity index (χ1n) is 12.5. The van der Waals surface area contributed by atoms with Crippen LogP contribution in [-0.2, 0) is 16.0 Å². The van der Waals surface area contributed by atoms with Crippen LogP contribution in [0.15, 0.2) is 70.9 Å². The molecule has 1 aliphatic rings. The number of rotatable bonds is 13. The highest BCUT2D eigenvalue weighted by molar-refractivity contribution is 5.93. The van der Waals surface area contributed by atoms with E-state index in [1.54, 1.807) is 0 Å². The van der Waals surface area contributed by atoms with E-state index in [-0.39, 0.29) is 17.9 Å². The number of nitrogens with zero attached hydrogens (tertiary/aromatic N) is 2. The maximum absolute atomic E-state index is 12.8. The van der Waals surface area contributed by atoms with Gasteiger partial charge in [-0.1, -0.05) is 49.9 Å². The van der Waals surface area contributed by atoms with Gasteiger partial charge in [0.15, 0.2) is 0 Å². The van der Waals surface area contributed by atoms with Crippen molar-refractivity contribution < 1.29 is 9.59 Å². The highest BCUT2D eigenvalue weighted by atomic mass is 16.2. The summed E-state index contributed by atoms with van der Waals surface area (Å²) in [5, 5.41) is 6.04. The molecule has 2 amide bonds. The fourth-order valence-corrected chi connectivity index (χ4v) is 4.07. The van der Waals surface area contributed by atoms with Gasteiger partial charge in [0.2, 0.25) is 11.8 Å². The normalized spacial score (nSPS) is 16.9. The summed E-state index contributed by atoms with van der Waals surface area (Å²) >= 11 is 0. The van der Waals surface area contributed by atoms with Crippen LogP contribution in [0.2, 0.25) is 0 Å². The minimum Gasteiger partial charge on any atom is -0.351 e. The van der Waals surface area contributed by atoms with Crippen molar-refractivity contribution in [3.05, 3.63) is 71.5 Å². The van der Waals surface area contributed by atoms with Crippen LogP contribution in [0.3, 0.4) is 0 Å². The van der Waals surface area contributed by atoms with Crippen molar-refractivity contribution in [3.8, 4) is 0 Å². The lowest BCUT2D eigenvalue weighted by Crippen LogP contribution is -2.45. The van der Waals surface area contributed by atoms with E-state index >= 15 is 0 Å². The molecular formula is C29H42N4O2. The standard InChI is InChI=1S/C29H42N4O2/c1-7-24-14-15-27(21(2)17-24)31-23(4)13-16-28(34)32-26(18-25-11-9-8-10-12-25)19-30-29(35)22(3)20-33(5)6/h8-12,14-15,24,26H,3,7,13,16-20H2,1-2,4-6H3,(H,30,35)(H,32,34). The van der Waals surface area contributed by atoms with E-state index in [4.69, 9.17) is 4.99 Å². The molecular weight excluding hydrogens is 436 g/mol. The van der Waals surface area contributed by atoms with Crippen molar-refractivity contribution in [2.75, 3.05) is 27.2 Å². The summed E-state index contributed by atoms with van der Waals surface area (Å²) in [4.78, 5) is 31.9. The Kier molecular flexibility index (Phi) is 11.6. The fraction of sp³-hybridized carbons (Fsp3) is 0.483. The summed E-state index contributed by atoms with van der Waals surface area (Å²) < 4.78 is 0. The zero-order chi connectivity index (χ0) is 25.8. The molecule has 0 saturated carbocycles. The number of hydrogen-bond acceptors (Lipinski definition) is 4. The second kappa shape index (κ2) is 14.4.